The monoisotopic (exact) mass is 333 g/mol. The number of rotatable bonds is 4. The van der Waals surface area contributed by atoms with Crippen molar-refractivity contribution in [1.82, 2.24) is 15.1 Å². The van der Waals surface area contributed by atoms with E-state index in [0.717, 1.165) is 33.7 Å². The van der Waals surface area contributed by atoms with Gasteiger partial charge in [0.15, 0.2) is 0 Å². The van der Waals surface area contributed by atoms with Crippen LogP contribution in [0.4, 0.5) is 0 Å². The maximum atomic E-state index is 12.3. The average Bonchev–Trinajstić information content (AvgIpc) is 3.04. The first-order chi connectivity index (χ1) is 12.2. The number of nitrogens with one attached hydrogen (secondary N) is 1. The van der Waals surface area contributed by atoms with Crippen molar-refractivity contribution in [3.63, 3.8) is 0 Å². The van der Waals surface area contributed by atoms with Gasteiger partial charge in [-0.3, -0.25) is 9.48 Å². The molecule has 4 rings (SSSR count). The Bertz CT molecular complexity index is 916. The Kier molecular flexibility index (Phi) is 3.98. The predicted octanol–water partition coefficient (Wildman–Crippen LogP) is 3.07. The summed E-state index contributed by atoms with van der Waals surface area (Å²) in [6.07, 6.45) is 1.78. The number of ether oxygens (including phenoxy) is 1. The Hall–Kier alpha value is -3.08. The zero-order valence-corrected chi connectivity index (χ0v) is 14.0. The number of amides is 1. The van der Waals surface area contributed by atoms with Crippen LogP contribution in [-0.2, 0) is 24.5 Å². The molecule has 1 amide bonds. The highest BCUT2D eigenvalue weighted by Crippen LogP contribution is 2.37. The SMILES string of the molecule is Cc1ccc2c(c1)-c1c(cnn1CC(=O)NCc1ccccc1)CO2. The van der Waals surface area contributed by atoms with Gasteiger partial charge < -0.3 is 10.1 Å². The Morgan fingerprint density at radius 1 is 1.24 bits per heavy atom. The van der Waals surface area contributed by atoms with E-state index in [1.165, 1.54) is 0 Å². The second-order valence-corrected chi connectivity index (χ2v) is 6.23. The summed E-state index contributed by atoms with van der Waals surface area (Å²) in [6, 6.07) is 15.9. The average molecular weight is 333 g/mol. The van der Waals surface area contributed by atoms with E-state index < -0.39 is 0 Å². The number of aromatic nitrogens is 2. The molecule has 25 heavy (non-hydrogen) atoms. The van der Waals surface area contributed by atoms with Crippen LogP contribution in [0.3, 0.4) is 0 Å². The minimum absolute atomic E-state index is 0.0598. The maximum absolute atomic E-state index is 12.3. The highest BCUT2D eigenvalue weighted by Gasteiger charge is 2.23. The first-order valence-electron chi connectivity index (χ1n) is 8.30. The summed E-state index contributed by atoms with van der Waals surface area (Å²) >= 11 is 0. The Morgan fingerprint density at radius 2 is 2.08 bits per heavy atom. The lowest BCUT2D eigenvalue weighted by molar-refractivity contribution is -0.122. The second-order valence-electron chi connectivity index (χ2n) is 6.23. The van der Waals surface area contributed by atoms with Crippen molar-refractivity contribution in [2.24, 2.45) is 0 Å². The number of nitrogens with zero attached hydrogens (tertiary/aromatic N) is 2. The summed E-state index contributed by atoms with van der Waals surface area (Å²) in [7, 11) is 0. The van der Waals surface area contributed by atoms with E-state index in [0.29, 0.717) is 13.2 Å². The van der Waals surface area contributed by atoms with E-state index in [1.54, 1.807) is 10.9 Å². The number of carbonyl (C=O) groups is 1. The van der Waals surface area contributed by atoms with Crippen LogP contribution in [0.15, 0.2) is 54.7 Å². The minimum Gasteiger partial charge on any atom is -0.488 e. The molecule has 2 aromatic carbocycles. The number of aryl methyl sites for hydroxylation is 1. The molecule has 1 N–H and O–H groups in total. The van der Waals surface area contributed by atoms with E-state index in [2.05, 4.69) is 16.5 Å². The number of fused-ring (bicyclic) bond motifs is 3. The fraction of sp³-hybridized carbons (Fsp3) is 0.200. The van der Waals surface area contributed by atoms with Crippen LogP contribution < -0.4 is 10.1 Å². The van der Waals surface area contributed by atoms with Gasteiger partial charge >= 0.3 is 0 Å². The van der Waals surface area contributed by atoms with Gasteiger partial charge in [-0.1, -0.05) is 42.0 Å². The molecule has 5 heteroatoms. The molecule has 3 aromatic rings. The highest BCUT2D eigenvalue weighted by molar-refractivity contribution is 5.78. The smallest absolute Gasteiger partial charge is 0.242 e. The largest absolute Gasteiger partial charge is 0.488 e. The van der Waals surface area contributed by atoms with Gasteiger partial charge in [0.05, 0.1) is 11.9 Å². The van der Waals surface area contributed by atoms with Gasteiger partial charge in [0.25, 0.3) is 0 Å². The molecule has 0 unspecified atom stereocenters. The van der Waals surface area contributed by atoms with Crippen LogP contribution in [0, 0.1) is 6.92 Å². The summed E-state index contributed by atoms with van der Waals surface area (Å²) in [5.41, 5.74) is 5.20. The van der Waals surface area contributed by atoms with Gasteiger partial charge in [-0.15, -0.1) is 0 Å². The molecule has 0 radical (unpaired) electrons. The Balaban J connectivity index is 1.53. The van der Waals surface area contributed by atoms with Gasteiger partial charge in [-0.2, -0.15) is 5.10 Å². The zero-order valence-electron chi connectivity index (χ0n) is 14.0. The summed E-state index contributed by atoms with van der Waals surface area (Å²) < 4.78 is 7.54. The number of hydrogen-bond donors (Lipinski definition) is 1. The molecule has 1 aliphatic rings. The number of carbonyl (C=O) groups excluding carboxylic acids is 1. The molecule has 1 aliphatic heterocycles. The summed E-state index contributed by atoms with van der Waals surface area (Å²) in [6.45, 7) is 3.23. The lowest BCUT2D eigenvalue weighted by Gasteiger charge is -2.19. The molecule has 0 saturated heterocycles. The highest BCUT2D eigenvalue weighted by atomic mass is 16.5. The zero-order chi connectivity index (χ0) is 17.2. The van der Waals surface area contributed by atoms with Crippen molar-refractivity contribution in [2.75, 3.05) is 0 Å². The van der Waals surface area contributed by atoms with Gasteiger partial charge in [-0.25, -0.2) is 0 Å². The third-order valence-corrected chi connectivity index (χ3v) is 4.31. The molecule has 1 aromatic heterocycles. The van der Waals surface area contributed by atoms with Crippen LogP contribution in [0.1, 0.15) is 16.7 Å². The fourth-order valence-electron chi connectivity index (χ4n) is 3.06. The molecule has 2 heterocycles. The first kappa shape index (κ1) is 15.4. The van der Waals surface area contributed by atoms with Crippen LogP contribution in [0.2, 0.25) is 0 Å². The van der Waals surface area contributed by atoms with Gasteiger partial charge in [0.1, 0.15) is 18.9 Å². The molecule has 126 valence electrons. The van der Waals surface area contributed by atoms with Crippen molar-refractivity contribution in [2.45, 2.75) is 26.6 Å². The lowest BCUT2D eigenvalue weighted by Crippen LogP contribution is -2.28. The summed E-state index contributed by atoms with van der Waals surface area (Å²) in [4.78, 5) is 12.3. The minimum atomic E-state index is -0.0598. The Morgan fingerprint density at radius 3 is 2.92 bits per heavy atom. The molecule has 0 fully saturated rings. The molecule has 0 aliphatic carbocycles. The first-order valence-corrected chi connectivity index (χ1v) is 8.30. The topological polar surface area (TPSA) is 56.2 Å². The van der Waals surface area contributed by atoms with E-state index >= 15 is 0 Å². The van der Waals surface area contributed by atoms with Gasteiger partial charge in [-0.05, 0) is 24.6 Å². The van der Waals surface area contributed by atoms with E-state index in [4.69, 9.17) is 4.74 Å². The molecule has 0 atom stereocenters. The van der Waals surface area contributed by atoms with Crippen LogP contribution in [-0.4, -0.2) is 15.7 Å². The second kappa shape index (κ2) is 6.43. The van der Waals surface area contributed by atoms with Crippen LogP contribution in [0.25, 0.3) is 11.3 Å². The van der Waals surface area contributed by atoms with Crippen LogP contribution >= 0.6 is 0 Å². The van der Waals surface area contributed by atoms with Crippen molar-refractivity contribution < 1.29 is 9.53 Å². The maximum Gasteiger partial charge on any atom is 0.242 e. The van der Waals surface area contributed by atoms with Crippen molar-refractivity contribution in [3.05, 3.63) is 71.4 Å². The normalized spacial score (nSPS) is 12.0. The third-order valence-electron chi connectivity index (χ3n) is 4.31. The van der Waals surface area contributed by atoms with Crippen molar-refractivity contribution >= 4 is 5.91 Å². The molecular formula is C20H19N3O2. The van der Waals surface area contributed by atoms with E-state index in [9.17, 15) is 4.79 Å². The lowest BCUT2D eigenvalue weighted by atomic mass is 10.0. The fourth-order valence-corrected chi connectivity index (χ4v) is 3.06. The molecule has 0 bridgehead atoms. The number of hydrogen-bond acceptors (Lipinski definition) is 3. The molecule has 5 nitrogen and oxygen atoms in total. The molecule has 0 saturated carbocycles. The standard InChI is InChI=1S/C20H19N3O2/c1-14-7-8-18-17(9-14)20-16(13-25-18)11-22-23(20)12-19(24)21-10-15-5-3-2-4-6-15/h2-9,11H,10,12-13H2,1H3,(H,21,24). The summed E-state index contributed by atoms with van der Waals surface area (Å²) in [5, 5.41) is 7.35. The van der Waals surface area contributed by atoms with E-state index in [-0.39, 0.29) is 12.5 Å². The van der Waals surface area contributed by atoms with Gasteiger partial charge in [0, 0.05) is 17.7 Å². The predicted molar refractivity (Wildman–Crippen MR) is 95.0 cm³/mol. The van der Waals surface area contributed by atoms with Crippen molar-refractivity contribution in [3.8, 4) is 17.0 Å². The van der Waals surface area contributed by atoms with Gasteiger partial charge in [0.2, 0.25) is 5.91 Å². The Labute approximate surface area is 146 Å². The van der Waals surface area contributed by atoms with Crippen molar-refractivity contribution in [1.29, 1.82) is 0 Å². The van der Waals surface area contributed by atoms with Crippen LogP contribution in [0.5, 0.6) is 5.75 Å². The third kappa shape index (κ3) is 3.13. The van der Waals surface area contributed by atoms with E-state index in [1.807, 2.05) is 49.4 Å². The molecular weight excluding hydrogens is 314 g/mol. The summed E-state index contributed by atoms with van der Waals surface area (Å²) in [5.74, 6) is 0.778. The quantitative estimate of drug-likeness (QED) is 0.798. The number of benzene rings is 2. The molecule has 0 spiro atoms.